The standard InChI is InChI=1S/C7H10ClNO2S/c1-5(2)3-6-4-9-7(8)12(6,10)11/h4-5H,3H2,1-2H3. The summed E-state index contributed by atoms with van der Waals surface area (Å²) >= 11 is 5.39. The van der Waals surface area contributed by atoms with Gasteiger partial charge in [0.25, 0.3) is 0 Å². The van der Waals surface area contributed by atoms with Crippen molar-refractivity contribution in [3.8, 4) is 0 Å². The predicted octanol–water partition coefficient (Wildman–Crippen LogP) is 1.90. The number of nitrogens with zero attached hydrogens (tertiary/aromatic N) is 1. The normalized spacial score (nSPS) is 21.0. The fourth-order valence-corrected chi connectivity index (χ4v) is 2.43. The first-order valence-corrected chi connectivity index (χ1v) is 5.48. The van der Waals surface area contributed by atoms with E-state index in [1.54, 1.807) is 0 Å². The topological polar surface area (TPSA) is 46.5 Å². The molecule has 0 spiro atoms. The summed E-state index contributed by atoms with van der Waals surface area (Å²) in [5, 5.41) is 0. The lowest BCUT2D eigenvalue weighted by molar-refractivity contribution is 0.601. The Labute approximate surface area is 77.1 Å². The Hall–Kier alpha value is -0.350. The maximum Gasteiger partial charge on any atom is 0.232 e. The van der Waals surface area contributed by atoms with E-state index >= 15 is 0 Å². The van der Waals surface area contributed by atoms with Crippen LogP contribution in [0, 0.1) is 5.92 Å². The zero-order valence-electron chi connectivity index (χ0n) is 6.91. The number of allylic oxidation sites excluding steroid dienone is 1. The molecule has 1 aliphatic rings. The van der Waals surface area contributed by atoms with E-state index in [4.69, 9.17) is 11.6 Å². The molecular formula is C7H10ClNO2S. The molecule has 3 nitrogen and oxygen atoms in total. The molecule has 0 saturated heterocycles. The van der Waals surface area contributed by atoms with Crippen LogP contribution in [0.3, 0.4) is 0 Å². The maximum absolute atomic E-state index is 11.3. The lowest BCUT2D eigenvalue weighted by atomic mass is 10.1. The Morgan fingerprint density at radius 2 is 2.17 bits per heavy atom. The Morgan fingerprint density at radius 1 is 1.58 bits per heavy atom. The molecule has 12 heavy (non-hydrogen) atoms. The SMILES string of the molecule is CC(C)CC1=CN=C(Cl)S1(=O)=O. The first kappa shape index (κ1) is 9.74. The molecule has 0 aromatic rings. The summed E-state index contributed by atoms with van der Waals surface area (Å²) in [5.74, 6) is 0.295. The summed E-state index contributed by atoms with van der Waals surface area (Å²) < 4.78 is 22.3. The molecule has 0 aromatic heterocycles. The van der Waals surface area contributed by atoms with Crippen molar-refractivity contribution in [3.05, 3.63) is 11.1 Å². The van der Waals surface area contributed by atoms with Gasteiger partial charge in [0.05, 0.1) is 4.91 Å². The third-order valence-electron chi connectivity index (χ3n) is 1.49. The van der Waals surface area contributed by atoms with Crippen LogP contribution in [-0.2, 0) is 9.84 Å². The molecule has 5 heteroatoms. The molecule has 0 amide bonds. The number of sulfone groups is 1. The molecule has 0 fully saturated rings. The van der Waals surface area contributed by atoms with Gasteiger partial charge in [0.1, 0.15) is 0 Å². The first-order chi connectivity index (χ1) is 5.44. The molecule has 0 radical (unpaired) electrons. The van der Waals surface area contributed by atoms with Crippen molar-refractivity contribution in [1.82, 2.24) is 0 Å². The average molecular weight is 208 g/mol. The molecule has 0 aliphatic carbocycles. The van der Waals surface area contributed by atoms with E-state index < -0.39 is 9.84 Å². The van der Waals surface area contributed by atoms with Crippen molar-refractivity contribution in [1.29, 1.82) is 0 Å². The van der Waals surface area contributed by atoms with Crippen LogP contribution in [0.5, 0.6) is 0 Å². The van der Waals surface area contributed by atoms with Gasteiger partial charge in [-0.2, -0.15) is 0 Å². The summed E-state index contributed by atoms with van der Waals surface area (Å²) in [6.07, 6.45) is 1.83. The quantitative estimate of drug-likeness (QED) is 0.694. The molecule has 0 aromatic carbocycles. The van der Waals surface area contributed by atoms with Crippen LogP contribution in [0.15, 0.2) is 16.1 Å². The Morgan fingerprint density at radius 3 is 2.50 bits per heavy atom. The van der Waals surface area contributed by atoms with Crippen LogP contribution >= 0.6 is 11.6 Å². The fourth-order valence-electron chi connectivity index (χ4n) is 0.934. The number of rotatable bonds is 2. The second-order valence-electron chi connectivity index (χ2n) is 3.08. The number of hydrogen-bond acceptors (Lipinski definition) is 3. The Kier molecular flexibility index (Phi) is 2.58. The van der Waals surface area contributed by atoms with Crippen molar-refractivity contribution in [2.24, 2.45) is 10.9 Å². The minimum Gasteiger partial charge on any atom is -0.232 e. The molecule has 1 heterocycles. The molecule has 68 valence electrons. The van der Waals surface area contributed by atoms with Crippen LogP contribution in [0.25, 0.3) is 0 Å². The molecule has 1 rings (SSSR count). The van der Waals surface area contributed by atoms with Crippen molar-refractivity contribution in [2.45, 2.75) is 20.3 Å². The van der Waals surface area contributed by atoms with Crippen LogP contribution in [0.4, 0.5) is 0 Å². The first-order valence-electron chi connectivity index (χ1n) is 3.62. The third kappa shape index (κ3) is 1.69. The van der Waals surface area contributed by atoms with Crippen molar-refractivity contribution in [2.75, 3.05) is 0 Å². The summed E-state index contributed by atoms with van der Waals surface area (Å²) in [6.45, 7) is 3.89. The number of aliphatic imine (C=N–C) groups is 1. The van der Waals surface area contributed by atoms with Gasteiger partial charge in [-0.1, -0.05) is 13.8 Å². The minimum atomic E-state index is -3.38. The molecule has 0 unspecified atom stereocenters. The van der Waals surface area contributed by atoms with Crippen LogP contribution < -0.4 is 0 Å². The largest absolute Gasteiger partial charge is 0.232 e. The van der Waals surface area contributed by atoms with E-state index in [0.29, 0.717) is 17.2 Å². The molecule has 0 saturated carbocycles. The fraction of sp³-hybridized carbons (Fsp3) is 0.571. The van der Waals surface area contributed by atoms with E-state index in [-0.39, 0.29) is 4.50 Å². The minimum absolute atomic E-state index is 0.295. The van der Waals surface area contributed by atoms with Crippen LogP contribution in [-0.4, -0.2) is 12.9 Å². The molecule has 0 N–H and O–H groups in total. The van der Waals surface area contributed by atoms with Crippen LogP contribution in [0.2, 0.25) is 0 Å². The molecule has 1 aliphatic heterocycles. The van der Waals surface area contributed by atoms with Gasteiger partial charge in [0.2, 0.25) is 14.3 Å². The third-order valence-corrected chi connectivity index (χ3v) is 3.70. The number of halogens is 1. The highest BCUT2D eigenvalue weighted by Crippen LogP contribution is 2.25. The van der Waals surface area contributed by atoms with E-state index in [2.05, 4.69) is 4.99 Å². The van der Waals surface area contributed by atoms with Gasteiger partial charge in [-0.05, 0) is 23.9 Å². The second kappa shape index (κ2) is 3.18. The smallest absolute Gasteiger partial charge is 0.232 e. The van der Waals surface area contributed by atoms with Gasteiger partial charge in [-0.15, -0.1) is 0 Å². The highest BCUT2D eigenvalue weighted by Gasteiger charge is 2.28. The van der Waals surface area contributed by atoms with Crippen LogP contribution in [0.1, 0.15) is 20.3 Å². The van der Waals surface area contributed by atoms with Gasteiger partial charge in [-0.25, -0.2) is 13.4 Å². The van der Waals surface area contributed by atoms with Crippen molar-refractivity contribution < 1.29 is 8.42 Å². The van der Waals surface area contributed by atoms with Gasteiger partial charge < -0.3 is 0 Å². The molecule has 0 bridgehead atoms. The van der Waals surface area contributed by atoms with Gasteiger partial charge in [-0.3, -0.25) is 0 Å². The van der Waals surface area contributed by atoms with E-state index in [0.717, 1.165) is 0 Å². The summed E-state index contributed by atoms with van der Waals surface area (Å²) in [7, 11) is -3.38. The van der Waals surface area contributed by atoms with E-state index in [9.17, 15) is 8.42 Å². The summed E-state index contributed by atoms with van der Waals surface area (Å²) in [6, 6.07) is 0. The molecule has 0 atom stereocenters. The van der Waals surface area contributed by atoms with E-state index in [1.807, 2.05) is 13.8 Å². The summed E-state index contributed by atoms with van der Waals surface area (Å²) in [5.41, 5.74) is 0. The predicted molar refractivity (Wildman–Crippen MR) is 49.7 cm³/mol. The van der Waals surface area contributed by atoms with Gasteiger partial charge in [0, 0.05) is 6.20 Å². The highest BCUT2D eigenvalue weighted by atomic mass is 35.5. The second-order valence-corrected chi connectivity index (χ2v) is 5.58. The zero-order chi connectivity index (χ0) is 9.35. The number of hydrogen-bond donors (Lipinski definition) is 0. The molecular weight excluding hydrogens is 198 g/mol. The Balaban J connectivity index is 2.88. The highest BCUT2D eigenvalue weighted by molar-refractivity contribution is 8.12. The van der Waals surface area contributed by atoms with Gasteiger partial charge >= 0.3 is 0 Å². The van der Waals surface area contributed by atoms with Crippen molar-refractivity contribution >= 4 is 25.9 Å². The Bertz CT molecular complexity index is 340. The summed E-state index contributed by atoms with van der Waals surface area (Å²) in [4.78, 5) is 3.88. The lowest BCUT2D eigenvalue weighted by Gasteiger charge is -2.03. The average Bonchev–Trinajstić information content (AvgIpc) is 2.15. The van der Waals surface area contributed by atoms with E-state index in [1.165, 1.54) is 6.20 Å². The van der Waals surface area contributed by atoms with Gasteiger partial charge in [0.15, 0.2) is 0 Å². The monoisotopic (exact) mass is 207 g/mol. The zero-order valence-corrected chi connectivity index (χ0v) is 8.48. The lowest BCUT2D eigenvalue weighted by Crippen LogP contribution is -2.08. The maximum atomic E-state index is 11.3. The van der Waals surface area contributed by atoms with Crippen molar-refractivity contribution in [3.63, 3.8) is 0 Å².